The fourth-order valence-corrected chi connectivity index (χ4v) is 3.00. The minimum absolute atomic E-state index is 0.105. The molecule has 0 aromatic carbocycles. The Bertz CT molecular complexity index is 907. The molecule has 4 atom stereocenters. The molecule has 0 bridgehead atoms. The number of aliphatic carboxylic acids is 3. The van der Waals surface area contributed by atoms with Crippen LogP contribution in [0.25, 0.3) is 0 Å². The standard InChI is InChI=1S/C19H27N5O12/c25-7-11(18(34)24-10(19(35)36)5-15(30)31)22-13(27)6-20-16(32)8(2-4-14(28)29)23-17(33)9-1-3-12(26)21-9/h8-11,25H,1-7H2,(H,20,32)(H,21,26)(H,22,27)(H,23,33)(H,24,34)(H,28,29)(H,30,31)(H,35,36)/t8-,9-,10-,11-/m0/s1. The van der Waals surface area contributed by atoms with Gasteiger partial charge in [-0.3, -0.25) is 33.6 Å². The number of hydrogen-bond donors (Lipinski definition) is 9. The van der Waals surface area contributed by atoms with Gasteiger partial charge in [-0.25, -0.2) is 4.79 Å². The molecule has 9 N–H and O–H groups in total. The third-order valence-corrected chi connectivity index (χ3v) is 4.84. The molecule has 5 amide bonds. The van der Waals surface area contributed by atoms with Crippen molar-refractivity contribution in [2.75, 3.05) is 13.2 Å². The van der Waals surface area contributed by atoms with Gasteiger partial charge in [-0.15, -0.1) is 0 Å². The maximum Gasteiger partial charge on any atom is 0.326 e. The SMILES string of the molecule is O=C(O)CC[C@H](NC(=O)[C@@H]1CCC(=O)N1)C(=O)NCC(=O)N[C@@H](CO)C(=O)N[C@@H](CC(=O)O)C(=O)O. The minimum atomic E-state index is -1.83. The van der Waals surface area contributed by atoms with Crippen molar-refractivity contribution in [1.29, 1.82) is 0 Å². The summed E-state index contributed by atoms with van der Waals surface area (Å²) >= 11 is 0. The van der Waals surface area contributed by atoms with Crippen LogP contribution in [0.4, 0.5) is 0 Å². The number of hydrogen-bond acceptors (Lipinski definition) is 9. The Morgan fingerprint density at radius 3 is 2.06 bits per heavy atom. The van der Waals surface area contributed by atoms with Crippen molar-refractivity contribution in [3.8, 4) is 0 Å². The van der Waals surface area contributed by atoms with Crippen LogP contribution < -0.4 is 26.6 Å². The third-order valence-electron chi connectivity index (χ3n) is 4.84. The maximum atomic E-state index is 12.5. The molecule has 0 saturated carbocycles. The number of carboxylic acid groups (broad SMARTS) is 3. The molecule has 1 fully saturated rings. The first-order valence-electron chi connectivity index (χ1n) is 10.6. The second-order valence-corrected chi connectivity index (χ2v) is 7.67. The number of aliphatic hydroxyl groups excluding tert-OH is 1. The zero-order valence-electron chi connectivity index (χ0n) is 18.8. The second kappa shape index (κ2) is 14.2. The minimum Gasteiger partial charge on any atom is -0.481 e. The van der Waals surface area contributed by atoms with Crippen molar-refractivity contribution >= 4 is 47.4 Å². The Morgan fingerprint density at radius 1 is 0.889 bits per heavy atom. The van der Waals surface area contributed by atoms with E-state index in [1.165, 1.54) is 0 Å². The van der Waals surface area contributed by atoms with Crippen LogP contribution >= 0.6 is 0 Å². The van der Waals surface area contributed by atoms with E-state index in [-0.39, 0.29) is 25.2 Å². The lowest BCUT2D eigenvalue weighted by Gasteiger charge is -2.21. The first kappa shape index (κ1) is 29.8. The number of rotatable bonds is 15. The van der Waals surface area contributed by atoms with Crippen LogP contribution in [-0.4, -0.2) is 105 Å². The summed E-state index contributed by atoms with van der Waals surface area (Å²) in [4.78, 5) is 92.9. The Labute approximate surface area is 203 Å². The number of carbonyl (C=O) groups excluding carboxylic acids is 5. The van der Waals surface area contributed by atoms with Gasteiger partial charge in [-0.05, 0) is 12.8 Å². The molecule has 0 aromatic heterocycles. The maximum absolute atomic E-state index is 12.5. The lowest BCUT2D eigenvalue weighted by Crippen LogP contribution is -2.56. The molecule has 200 valence electrons. The highest BCUT2D eigenvalue weighted by molar-refractivity contribution is 5.96. The molecule has 0 unspecified atom stereocenters. The van der Waals surface area contributed by atoms with Crippen LogP contribution in [0, 0.1) is 0 Å². The molecule has 17 heteroatoms. The van der Waals surface area contributed by atoms with Gasteiger partial charge in [0.1, 0.15) is 24.2 Å². The first-order chi connectivity index (χ1) is 16.8. The fourth-order valence-electron chi connectivity index (χ4n) is 3.00. The second-order valence-electron chi connectivity index (χ2n) is 7.67. The van der Waals surface area contributed by atoms with Gasteiger partial charge in [-0.1, -0.05) is 0 Å². The molecule has 1 heterocycles. The van der Waals surface area contributed by atoms with Crippen molar-refractivity contribution < 1.29 is 58.8 Å². The number of amides is 5. The Morgan fingerprint density at radius 2 is 1.56 bits per heavy atom. The van der Waals surface area contributed by atoms with Gasteiger partial charge in [0.15, 0.2) is 0 Å². The van der Waals surface area contributed by atoms with E-state index < -0.39 is 91.7 Å². The van der Waals surface area contributed by atoms with Gasteiger partial charge >= 0.3 is 17.9 Å². The summed E-state index contributed by atoms with van der Waals surface area (Å²) in [7, 11) is 0. The van der Waals surface area contributed by atoms with E-state index in [9.17, 15) is 43.5 Å². The van der Waals surface area contributed by atoms with Crippen molar-refractivity contribution in [3.05, 3.63) is 0 Å². The number of carbonyl (C=O) groups is 8. The highest BCUT2D eigenvalue weighted by atomic mass is 16.4. The smallest absolute Gasteiger partial charge is 0.326 e. The van der Waals surface area contributed by atoms with Gasteiger partial charge in [0.25, 0.3) is 0 Å². The third kappa shape index (κ3) is 10.3. The number of nitrogens with one attached hydrogen (secondary N) is 5. The lowest BCUT2D eigenvalue weighted by atomic mass is 10.1. The first-order valence-corrected chi connectivity index (χ1v) is 10.6. The Balaban J connectivity index is 2.68. The van der Waals surface area contributed by atoms with Crippen LogP contribution in [0.2, 0.25) is 0 Å². The summed E-state index contributed by atoms with van der Waals surface area (Å²) in [5.41, 5.74) is 0. The molecule has 0 aromatic rings. The molecule has 0 spiro atoms. The zero-order valence-corrected chi connectivity index (χ0v) is 18.8. The van der Waals surface area contributed by atoms with E-state index >= 15 is 0 Å². The fraction of sp³-hybridized carbons (Fsp3) is 0.579. The normalized spacial score (nSPS) is 17.0. The average Bonchev–Trinajstić information content (AvgIpc) is 3.23. The van der Waals surface area contributed by atoms with Gasteiger partial charge in [-0.2, -0.15) is 0 Å². The van der Waals surface area contributed by atoms with Crippen molar-refractivity contribution in [2.45, 2.75) is 56.3 Å². The lowest BCUT2D eigenvalue weighted by molar-refractivity contribution is -0.147. The van der Waals surface area contributed by atoms with Crippen molar-refractivity contribution in [1.82, 2.24) is 26.6 Å². The molecule has 1 saturated heterocycles. The number of aliphatic hydroxyl groups is 1. The summed E-state index contributed by atoms with van der Waals surface area (Å²) in [6, 6.07) is -5.79. The predicted molar refractivity (Wildman–Crippen MR) is 114 cm³/mol. The van der Waals surface area contributed by atoms with Gasteiger partial charge in [0.2, 0.25) is 29.5 Å². The summed E-state index contributed by atoms with van der Waals surface area (Å²) in [6.07, 6.45) is -1.52. The Hall–Kier alpha value is -4.28. The van der Waals surface area contributed by atoms with E-state index in [1.807, 2.05) is 10.6 Å². The molecule has 0 aliphatic carbocycles. The summed E-state index contributed by atoms with van der Waals surface area (Å²) in [5, 5.41) is 46.6. The van der Waals surface area contributed by atoms with E-state index in [0.29, 0.717) is 0 Å². The molecule has 1 aliphatic heterocycles. The summed E-state index contributed by atoms with van der Waals surface area (Å²) < 4.78 is 0. The molecule has 0 radical (unpaired) electrons. The monoisotopic (exact) mass is 517 g/mol. The van der Waals surface area contributed by atoms with Crippen LogP contribution in [0.5, 0.6) is 0 Å². The average molecular weight is 517 g/mol. The van der Waals surface area contributed by atoms with E-state index in [1.54, 1.807) is 0 Å². The van der Waals surface area contributed by atoms with E-state index in [4.69, 9.17) is 15.3 Å². The quantitative estimate of drug-likeness (QED) is 0.0990. The van der Waals surface area contributed by atoms with Gasteiger partial charge < -0.3 is 47.0 Å². The number of carboxylic acids is 3. The van der Waals surface area contributed by atoms with E-state index in [2.05, 4.69) is 16.0 Å². The van der Waals surface area contributed by atoms with Crippen LogP contribution in [0.1, 0.15) is 32.1 Å². The molecule has 1 aliphatic rings. The molecular weight excluding hydrogens is 490 g/mol. The van der Waals surface area contributed by atoms with Crippen molar-refractivity contribution in [2.24, 2.45) is 0 Å². The van der Waals surface area contributed by atoms with Crippen LogP contribution in [0.3, 0.4) is 0 Å². The highest BCUT2D eigenvalue weighted by Gasteiger charge is 2.31. The van der Waals surface area contributed by atoms with Gasteiger partial charge in [0, 0.05) is 12.8 Å². The van der Waals surface area contributed by atoms with Crippen molar-refractivity contribution in [3.63, 3.8) is 0 Å². The largest absolute Gasteiger partial charge is 0.481 e. The Kier molecular flexibility index (Phi) is 11.7. The summed E-state index contributed by atoms with van der Waals surface area (Å²) in [6.45, 7) is -1.77. The predicted octanol–water partition coefficient (Wildman–Crippen LogP) is -4.75. The topological polar surface area (TPSA) is 278 Å². The summed E-state index contributed by atoms with van der Waals surface area (Å²) in [5.74, 6) is -8.68. The molecule has 17 nitrogen and oxygen atoms in total. The van der Waals surface area contributed by atoms with Gasteiger partial charge in [0.05, 0.1) is 19.6 Å². The van der Waals surface area contributed by atoms with Crippen LogP contribution in [0.15, 0.2) is 0 Å². The molecular formula is C19H27N5O12. The molecule has 1 rings (SSSR count). The van der Waals surface area contributed by atoms with Crippen LogP contribution in [-0.2, 0) is 38.4 Å². The molecule has 36 heavy (non-hydrogen) atoms. The highest BCUT2D eigenvalue weighted by Crippen LogP contribution is 2.08. The zero-order chi connectivity index (χ0) is 27.4. The van der Waals surface area contributed by atoms with E-state index in [0.717, 1.165) is 0 Å².